The summed E-state index contributed by atoms with van der Waals surface area (Å²) >= 11 is 0. The first-order valence-electron chi connectivity index (χ1n) is 5.92. The summed E-state index contributed by atoms with van der Waals surface area (Å²) in [7, 11) is -4.56. The number of aliphatic hydroxyl groups excluding tert-OH is 2. The second-order valence-corrected chi connectivity index (χ2v) is 5.60. The van der Waals surface area contributed by atoms with Gasteiger partial charge in [-0.3, -0.25) is 4.55 Å². The SMILES string of the molecule is CCCCc1cc(CO)c(O)c(CO)c1S(=O)(=O)O. The number of rotatable bonds is 6. The molecular formula is C12H18O6S. The second-order valence-electron chi connectivity index (χ2n) is 4.25. The van der Waals surface area contributed by atoms with E-state index in [1.54, 1.807) is 0 Å². The summed E-state index contributed by atoms with van der Waals surface area (Å²) in [5.41, 5.74) is 0.137. The van der Waals surface area contributed by atoms with Crippen molar-refractivity contribution < 1.29 is 28.3 Å². The van der Waals surface area contributed by atoms with Gasteiger partial charge in [0, 0.05) is 11.1 Å². The summed E-state index contributed by atoms with van der Waals surface area (Å²) in [5, 5.41) is 28.1. The van der Waals surface area contributed by atoms with Crippen molar-refractivity contribution >= 4 is 10.1 Å². The van der Waals surface area contributed by atoms with Crippen LogP contribution < -0.4 is 0 Å². The van der Waals surface area contributed by atoms with E-state index in [1.165, 1.54) is 6.07 Å². The third-order valence-corrected chi connectivity index (χ3v) is 3.91. The van der Waals surface area contributed by atoms with Crippen LogP contribution in [0.5, 0.6) is 5.75 Å². The molecule has 0 heterocycles. The molecule has 0 aromatic heterocycles. The zero-order valence-electron chi connectivity index (χ0n) is 10.6. The Morgan fingerprint density at radius 3 is 2.21 bits per heavy atom. The number of hydrogen-bond acceptors (Lipinski definition) is 5. The third-order valence-electron chi connectivity index (χ3n) is 2.89. The molecule has 0 aliphatic carbocycles. The molecule has 6 nitrogen and oxygen atoms in total. The van der Waals surface area contributed by atoms with Gasteiger partial charge in [-0.05, 0) is 24.5 Å². The first-order chi connectivity index (χ1) is 8.86. The summed E-state index contributed by atoms with van der Waals surface area (Å²) in [6.45, 7) is 0.699. The predicted molar refractivity (Wildman–Crippen MR) is 68.4 cm³/mol. The molecule has 7 heteroatoms. The van der Waals surface area contributed by atoms with E-state index >= 15 is 0 Å². The van der Waals surface area contributed by atoms with Gasteiger partial charge < -0.3 is 15.3 Å². The lowest BCUT2D eigenvalue weighted by Gasteiger charge is -2.15. The lowest BCUT2D eigenvalue weighted by molar-refractivity contribution is 0.260. The molecule has 0 atom stereocenters. The van der Waals surface area contributed by atoms with Gasteiger partial charge in [-0.2, -0.15) is 8.42 Å². The van der Waals surface area contributed by atoms with Crippen LogP contribution in [0, 0.1) is 0 Å². The van der Waals surface area contributed by atoms with E-state index in [0.29, 0.717) is 12.8 Å². The van der Waals surface area contributed by atoms with E-state index in [-0.39, 0.29) is 16.7 Å². The number of aryl methyl sites for hydroxylation is 1. The Hall–Kier alpha value is -1.15. The number of hydrogen-bond donors (Lipinski definition) is 4. The number of aliphatic hydroxyl groups is 2. The largest absolute Gasteiger partial charge is 0.507 e. The molecule has 0 aliphatic rings. The lowest BCUT2D eigenvalue weighted by Crippen LogP contribution is -2.10. The van der Waals surface area contributed by atoms with Crippen molar-refractivity contribution in [2.45, 2.75) is 44.3 Å². The molecule has 19 heavy (non-hydrogen) atoms. The van der Waals surface area contributed by atoms with E-state index in [4.69, 9.17) is 5.11 Å². The Kier molecular flexibility index (Phi) is 5.30. The molecule has 0 amide bonds. The van der Waals surface area contributed by atoms with Gasteiger partial charge >= 0.3 is 0 Å². The molecular weight excluding hydrogens is 272 g/mol. The van der Waals surface area contributed by atoms with Crippen molar-refractivity contribution in [1.82, 2.24) is 0 Å². The van der Waals surface area contributed by atoms with Crippen molar-refractivity contribution in [1.29, 1.82) is 0 Å². The first-order valence-corrected chi connectivity index (χ1v) is 7.36. The maximum absolute atomic E-state index is 11.4. The van der Waals surface area contributed by atoms with Gasteiger partial charge in [0.05, 0.1) is 13.2 Å². The molecule has 1 aromatic carbocycles. The van der Waals surface area contributed by atoms with E-state index in [9.17, 15) is 23.2 Å². The fraction of sp³-hybridized carbons (Fsp3) is 0.500. The minimum Gasteiger partial charge on any atom is -0.507 e. The Labute approximate surface area is 112 Å². The van der Waals surface area contributed by atoms with Crippen LogP contribution in [0.25, 0.3) is 0 Å². The highest BCUT2D eigenvalue weighted by Crippen LogP contribution is 2.33. The first kappa shape index (κ1) is 15.9. The van der Waals surface area contributed by atoms with Crippen LogP contribution in [-0.4, -0.2) is 28.3 Å². The normalized spacial score (nSPS) is 11.8. The Morgan fingerprint density at radius 1 is 1.16 bits per heavy atom. The van der Waals surface area contributed by atoms with Gasteiger partial charge in [0.2, 0.25) is 0 Å². The molecule has 0 bridgehead atoms. The van der Waals surface area contributed by atoms with E-state index in [0.717, 1.165) is 6.42 Å². The topological polar surface area (TPSA) is 115 Å². The zero-order valence-corrected chi connectivity index (χ0v) is 11.4. The second kappa shape index (κ2) is 6.33. The highest BCUT2D eigenvalue weighted by molar-refractivity contribution is 7.86. The predicted octanol–water partition coefficient (Wildman–Crippen LogP) is 0.966. The number of benzene rings is 1. The molecule has 0 unspecified atom stereocenters. The van der Waals surface area contributed by atoms with Gasteiger partial charge in [0.25, 0.3) is 10.1 Å². The van der Waals surface area contributed by atoms with Gasteiger partial charge in [-0.15, -0.1) is 0 Å². The van der Waals surface area contributed by atoms with Crippen LogP contribution in [0.15, 0.2) is 11.0 Å². The minimum atomic E-state index is -4.56. The van der Waals surface area contributed by atoms with Crippen LogP contribution in [0.2, 0.25) is 0 Å². The van der Waals surface area contributed by atoms with Crippen LogP contribution in [-0.2, 0) is 29.8 Å². The molecule has 0 radical (unpaired) electrons. The Bertz CT molecular complexity index is 550. The quantitative estimate of drug-likeness (QED) is 0.580. The van der Waals surface area contributed by atoms with Gasteiger partial charge in [-0.25, -0.2) is 0 Å². The molecule has 4 N–H and O–H groups in total. The van der Waals surface area contributed by atoms with Crippen molar-refractivity contribution in [3.63, 3.8) is 0 Å². The van der Waals surface area contributed by atoms with Crippen LogP contribution >= 0.6 is 0 Å². The maximum atomic E-state index is 11.4. The molecule has 1 rings (SSSR count). The fourth-order valence-corrected chi connectivity index (χ4v) is 2.95. The minimum absolute atomic E-state index is 0.127. The number of aromatic hydroxyl groups is 1. The molecule has 0 saturated heterocycles. The molecule has 0 spiro atoms. The van der Waals surface area contributed by atoms with E-state index in [1.807, 2.05) is 6.92 Å². The Balaban J connectivity index is 3.58. The highest BCUT2D eigenvalue weighted by atomic mass is 32.2. The van der Waals surface area contributed by atoms with Crippen LogP contribution in [0.4, 0.5) is 0 Å². The van der Waals surface area contributed by atoms with Gasteiger partial charge in [0.1, 0.15) is 10.6 Å². The summed E-state index contributed by atoms with van der Waals surface area (Å²) in [6.07, 6.45) is 1.86. The van der Waals surface area contributed by atoms with Crippen LogP contribution in [0.3, 0.4) is 0 Å². The smallest absolute Gasteiger partial charge is 0.295 e. The monoisotopic (exact) mass is 290 g/mol. The lowest BCUT2D eigenvalue weighted by atomic mass is 10.0. The average Bonchev–Trinajstić information content (AvgIpc) is 2.35. The van der Waals surface area contributed by atoms with E-state index in [2.05, 4.69) is 0 Å². The zero-order chi connectivity index (χ0) is 14.6. The molecule has 108 valence electrons. The Morgan fingerprint density at radius 2 is 1.79 bits per heavy atom. The van der Waals surface area contributed by atoms with Crippen LogP contribution in [0.1, 0.15) is 36.5 Å². The maximum Gasteiger partial charge on any atom is 0.295 e. The van der Waals surface area contributed by atoms with Crippen molar-refractivity contribution in [2.75, 3.05) is 0 Å². The van der Waals surface area contributed by atoms with Crippen molar-refractivity contribution in [3.05, 3.63) is 22.8 Å². The summed E-state index contributed by atoms with van der Waals surface area (Å²) in [4.78, 5) is -0.460. The van der Waals surface area contributed by atoms with Gasteiger partial charge in [-0.1, -0.05) is 13.3 Å². The van der Waals surface area contributed by atoms with Crippen molar-refractivity contribution in [2.24, 2.45) is 0 Å². The highest BCUT2D eigenvalue weighted by Gasteiger charge is 2.24. The molecule has 0 fully saturated rings. The summed E-state index contributed by atoms with van der Waals surface area (Å²) in [5.74, 6) is -0.502. The standard InChI is InChI=1S/C12H18O6S/c1-2-3-4-8-5-9(6-13)11(15)10(7-14)12(8)19(16,17)18/h5,13-15H,2-4,6-7H2,1H3,(H,16,17,18). The molecule has 1 aromatic rings. The summed E-state index contributed by atoms with van der Waals surface area (Å²) in [6, 6.07) is 1.34. The average molecular weight is 290 g/mol. The molecule has 0 saturated carbocycles. The van der Waals surface area contributed by atoms with Crippen molar-refractivity contribution in [3.8, 4) is 5.75 Å². The molecule has 0 aliphatic heterocycles. The van der Waals surface area contributed by atoms with Gasteiger partial charge in [0.15, 0.2) is 0 Å². The number of phenols is 1. The van der Waals surface area contributed by atoms with E-state index < -0.39 is 34.0 Å². The third kappa shape index (κ3) is 3.44. The summed E-state index contributed by atoms with van der Waals surface area (Å²) < 4.78 is 32.1. The number of unbranched alkanes of at least 4 members (excludes halogenated alkanes) is 1. The fourth-order valence-electron chi connectivity index (χ4n) is 1.98.